The molecule has 4 heteroatoms. The molecule has 3 N–H and O–H groups in total. The lowest BCUT2D eigenvalue weighted by Crippen LogP contribution is -2.23. The largest absolute Gasteiger partial charge is 0.355 e. The quantitative estimate of drug-likeness (QED) is 0.887. The molecule has 1 fully saturated rings. The van der Waals surface area contributed by atoms with E-state index in [1.54, 1.807) is 7.05 Å². The Bertz CT molecular complexity index is 686. The van der Waals surface area contributed by atoms with Crippen molar-refractivity contribution in [3.05, 3.63) is 71.3 Å². The van der Waals surface area contributed by atoms with Gasteiger partial charge in [-0.2, -0.15) is 0 Å². The fourth-order valence-electron chi connectivity index (χ4n) is 3.62. The van der Waals surface area contributed by atoms with Crippen LogP contribution in [-0.2, 0) is 6.54 Å². The van der Waals surface area contributed by atoms with Crippen LogP contribution < -0.4 is 11.1 Å². The van der Waals surface area contributed by atoms with Gasteiger partial charge in [0, 0.05) is 38.2 Å². The van der Waals surface area contributed by atoms with Gasteiger partial charge in [-0.15, -0.1) is 0 Å². The van der Waals surface area contributed by atoms with E-state index < -0.39 is 0 Å². The van der Waals surface area contributed by atoms with Crippen molar-refractivity contribution in [2.75, 3.05) is 26.7 Å². The first-order chi connectivity index (χ1) is 11.7. The Balaban J connectivity index is 1.72. The van der Waals surface area contributed by atoms with Gasteiger partial charge in [-0.1, -0.05) is 42.5 Å². The fourth-order valence-corrected chi connectivity index (χ4v) is 3.62. The van der Waals surface area contributed by atoms with Crippen LogP contribution in [0.5, 0.6) is 0 Å². The van der Waals surface area contributed by atoms with Crippen molar-refractivity contribution in [2.24, 2.45) is 11.7 Å². The number of nitrogens with zero attached hydrogens (tertiary/aromatic N) is 1. The van der Waals surface area contributed by atoms with Gasteiger partial charge in [0.2, 0.25) is 0 Å². The van der Waals surface area contributed by atoms with Crippen LogP contribution in [0.2, 0.25) is 0 Å². The van der Waals surface area contributed by atoms with E-state index in [1.807, 2.05) is 18.2 Å². The molecule has 126 valence electrons. The summed E-state index contributed by atoms with van der Waals surface area (Å²) < 4.78 is 0. The summed E-state index contributed by atoms with van der Waals surface area (Å²) in [6.45, 7) is 3.56. The highest BCUT2D eigenvalue weighted by atomic mass is 16.1. The van der Waals surface area contributed by atoms with E-state index in [0.29, 0.717) is 23.9 Å². The Kier molecular flexibility index (Phi) is 5.28. The van der Waals surface area contributed by atoms with Gasteiger partial charge in [-0.25, -0.2) is 0 Å². The van der Waals surface area contributed by atoms with Gasteiger partial charge in [-0.3, -0.25) is 9.69 Å². The normalized spacial score (nSPS) is 20.9. The number of amides is 1. The first-order valence-electron chi connectivity index (χ1n) is 8.49. The zero-order valence-electron chi connectivity index (χ0n) is 14.1. The predicted molar refractivity (Wildman–Crippen MR) is 96.8 cm³/mol. The van der Waals surface area contributed by atoms with Gasteiger partial charge in [0.15, 0.2) is 0 Å². The van der Waals surface area contributed by atoms with Crippen LogP contribution in [0, 0.1) is 5.92 Å². The number of nitrogens with two attached hydrogens (primary N) is 1. The maximum Gasteiger partial charge on any atom is 0.251 e. The predicted octanol–water partition coefficient (Wildman–Crippen LogP) is 2.22. The molecular formula is C20H25N3O. The van der Waals surface area contributed by atoms with Crippen LogP contribution in [0.25, 0.3) is 0 Å². The summed E-state index contributed by atoms with van der Waals surface area (Å²) in [5.74, 6) is 0.924. The summed E-state index contributed by atoms with van der Waals surface area (Å²) in [7, 11) is 1.66. The zero-order chi connectivity index (χ0) is 16.9. The van der Waals surface area contributed by atoms with Gasteiger partial charge in [0.25, 0.3) is 5.91 Å². The Morgan fingerprint density at radius 1 is 1.17 bits per heavy atom. The zero-order valence-corrected chi connectivity index (χ0v) is 14.1. The number of benzene rings is 2. The molecule has 0 spiro atoms. The van der Waals surface area contributed by atoms with Crippen LogP contribution >= 0.6 is 0 Å². The van der Waals surface area contributed by atoms with Gasteiger partial charge in [-0.05, 0) is 35.7 Å². The van der Waals surface area contributed by atoms with Crippen LogP contribution in [0.15, 0.2) is 54.6 Å². The van der Waals surface area contributed by atoms with Crippen LogP contribution in [-0.4, -0.2) is 37.5 Å². The summed E-state index contributed by atoms with van der Waals surface area (Å²) in [6, 6.07) is 18.5. The minimum Gasteiger partial charge on any atom is -0.355 e. The minimum absolute atomic E-state index is 0.0414. The number of carbonyl (C=O) groups is 1. The van der Waals surface area contributed by atoms with Crippen LogP contribution in [0.1, 0.15) is 27.4 Å². The van der Waals surface area contributed by atoms with Crippen molar-refractivity contribution in [1.29, 1.82) is 0 Å². The summed E-state index contributed by atoms with van der Waals surface area (Å²) in [5, 5.41) is 2.68. The van der Waals surface area contributed by atoms with E-state index in [1.165, 1.54) is 11.1 Å². The van der Waals surface area contributed by atoms with Crippen LogP contribution in [0.4, 0.5) is 0 Å². The third kappa shape index (κ3) is 3.66. The molecule has 1 amide bonds. The number of hydrogen-bond acceptors (Lipinski definition) is 3. The van der Waals surface area contributed by atoms with E-state index in [4.69, 9.17) is 5.73 Å². The third-order valence-electron chi connectivity index (χ3n) is 4.87. The number of carbonyl (C=O) groups excluding carboxylic acids is 1. The van der Waals surface area contributed by atoms with E-state index in [-0.39, 0.29) is 5.91 Å². The summed E-state index contributed by atoms with van der Waals surface area (Å²) in [4.78, 5) is 14.2. The topological polar surface area (TPSA) is 58.4 Å². The van der Waals surface area contributed by atoms with Crippen molar-refractivity contribution in [3.8, 4) is 0 Å². The van der Waals surface area contributed by atoms with E-state index in [2.05, 4.69) is 46.6 Å². The Morgan fingerprint density at radius 2 is 1.96 bits per heavy atom. The summed E-state index contributed by atoms with van der Waals surface area (Å²) >= 11 is 0. The van der Waals surface area contributed by atoms with Gasteiger partial charge >= 0.3 is 0 Å². The molecule has 1 aliphatic rings. The second-order valence-electron chi connectivity index (χ2n) is 6.49. The molecule has 24 heavy (non-hydrogen) atoms. The molecule has 0 unspecified atom stereocenters. The van der Waals surface area contributed by atoms with Crippen molar-refractivity contribution in [3.63, 3.8) is 0 Å². The Morgan fingerprint density at radius 3 is 2.67 bits per heavy atom. The van der Waals surface area contributed by atoms with Crippen molar-refractivity contribution < 1.29 is 4.79 Å². The maximum absolute atomic E-state index is 11.8. The first-order valence-corrected chi connectivity index (χ1v) is 8.49. The molecule has 0 radical (unpaired) electrons. The summed E-state index contributed by atoms with van der Waals surface area (Å²) in [6.07, 6.45) is 0. The van der Waals surface area contributed by atoms with Gasteiger partial charge in [0.05, 0.1) is 0 Å². The number of nitrogens with one attached hydrogen (secondary N) is 1. The minimum atomic E-state index is -0.0414. The number of hydrogen-bond donors (Lipinski definition) is 2. The molecule has 1 heterocycles. The Labute approximate surface area is 143 Å². The number of likely N-dealkylation sites (tertiary alicyclic amines) is 1. The highest BCUT2D eigenvalue weighted by Crippen LogP contribution is 2.32. The fraction of sp³-hybridized carbons (Fsp3) is 0.350. The van der Waals surface area contributed by atoms with Crippen molar-refractivity contribution in [1.82, 2.24) is 10.2 Å². The molecule has 3 rings (SSSR count). The second-order valence-corrected chi connectivity index (χ2v) is 6.49. The monoisotopic (exact) mass is 323 g/mol. The smallest absolute Gasteiger partial charge is 0.251 e. The van der Waals surface area contributed by atoms with E-state index >= 15 is 0 Å². The van der Waals surface area contributed by atoms with E-state index in [9.17, 15) is 4.79 Å². The standard InChI is InChI=1S/C20H25N3O/c1-22-20(24)17-9-5-6-15(10-17)12-23-13-18(11-21)19(14-23)16-7-3-2-4-8-16/h2-10,18-19H,11-14,21H2,1H3,(H,22,24)/t18-,19+/m1/s1. The molecule has 1 saturated heterocycles. The second kappa shape index (κ2) is 7.60. The van der Waals surface area contributed by atoms with Gasteiger partial charge in [0.1, 0.15) is 0 Å². The molecule has 0 bridgehead atoms. The van der Waals surface area contributed by atoms with Crippen LogP contribution in [0.3, 0.4) is 0 Å². The van der Waals surface area contributed by atoms with Crippen molar-refractivity contribution >= 4 is 5.91 Å². The molecule has 2 aromatic rings. The lowest BCUT2D eigenvalue weighted by Gasteiger charge is -2.17. The molecule has 1 aliphatic heterocycles. The highest BCUT2D eigenvalue weighted by Gasteiger charge is 2.32. The maximum atomic E-state index is 11.8. The molecular weight excluding hydrogens is 298 g/mol. The molecule has 0 aromatic heterocycles. The van der Waals surface area contributed by atoms with E-state index in [0.717, 1.165) is 19.6 Å². The summed E-state index contributed by atoms with van der Waals surface area (Å²) in [5.41, 5.74) is 9.27. The third-order valence-corrected chi connectivity index (χ3v) is 4.87. The molecule has 2 aromatic carbocycles. The van der Waals surface area contributed by atoms with Crippen molar-refractivity contribution in [2.45, 2.75) is 12.5 Å². The SMILES string of the molecule is CNC(=O)c1cccc(CN2C[C@@H](CN)[C@H](c3ccccc3)C2)c1. The average Bonchev–Trinajstić information content (AvgIpc) is 3.05. The first kappa shape index (κ1) is 16.7. The lowest BCUT2D eigenvalue weighted by molar-refractivity contribution is 0.0963. The van der Waals surface area contributed by atoms with Gasteiger partial charge < -0.3 is 11.1 Å². The molecule has 0 saturated carbocycles. The molecule has 2 atom stereocenters. The highest BCUT2D eigenvalue weighted by molar-refractivity contribution is 5.94. The Hall–Kier alpha value is -2.17. The molecule has 4 nitrogen and oxygen atoms in total. The lowest BCUT2D eigenvalue weighted by atomic mass is 9.89. The number of rotatable bonds is 5. The molecule has 0 aliphatic carbocycles. The average molecular weight is 323 g/mol.